The summed E-state index contributed by atoms with van der Waals surface area (Å²) in [5, 5.41) is 21.2. The van der Waals surface area contributed by atoms with Crippen molar-refractivity contribution in [3.05, 3.63) is 22.8 Å². The second kappa shape index (κ2) is 5.67. The topological polar surface area (TPSA) is 82.5 Å². The van der Waals surface area contributed by atoms with Gasteiger partial charge in [-0.3, -0.25) is 0 Å². The molecule has 5 nitrogen and oxygen atoms in total. The van der Waals surface area contributed by atoms with Crippen LogP contribution in [0.25, 0.3) is 0 Å². The number of halogens is 1. The number of aliphatic hydroxyl groups excluding tert-OH is 1. The van der Waals surface area contributed by atoms with Crippen molar-refractivity contribution < 1.29 is 15.0 Å². The number of pyridine rings is 1. The molecule has 0 radical (unpaired) electrons. The minimum atomic E-state index is -1.09. The maximum atomic E-state index is 10.9. The molecular formula is C10H13ClN2O3. The van der Waals surface area contributed by atoms with Gasteiger partial charge in [0.2, 0.25) is 0 Å². The molecule has 3 N–H and O–H groups in total. The van der Waals surface area contributed by atoms with Crippen LogP contribution in [0.15, 0.2) is 12.1 Å². The van der Waals surface area contributed by atoms with Crippen molar-refractivity contribution in [3.63, 3.8) is 0 Å². The molecular weight excluding hydrogens is 232 g/mol. The van der Waals surface area contributed by atoms with Crippen molar-refractivity contribution in [1.29, 1.82) is 0 Å². The fraction of sp³-hybridized carbons (Fsp3) is 0.400. The van der Waals surface area contributed by atoms with E-state index in [1.54, 1.807) is 0 Å². The quantitative estimate of drug-likeness (QED) is 0.686. The third kappa shape index (κ3) is 3.36. The number of rotatable bonds is 5. The van der Waals surface area contributed by atoms with E-state index in [9.17, 15) is 9.90 Å². The summed E-state index contributed by atoms with van der Waals surface area (Å²) < 4.78 is 0. The van der Waals surface area contributed by atoms with Gasteiger partial charge in [0.15, 0.2) is 0 Å². The highest BCUT2D eigenvalue weighted by Crippen LogP contribution is 2.16. The molecule has 1 unspecified atom stereocenters. The Kier molecular flexibility index (Phi) is 4.52. The average Bonchev–Trinajstić information content (AvgIpc) is 2.25. The van der Waals surface area contributed by atoms with Gasteiger partial charge in [0, 0.05) is 6.54 Å². The van der Waals surface area contributed by atoms with Crippen molar-refractivity contribution in [2.24, 2.45) is 0 Å². The van der Waals surface area contributed by atoms with E-state index < -0.39 is 12.1 Å². The lowest BCUT2D eigenvalue weighted by Gasteiger charge is -2.11. The number of hydrogen-bond acceptors (Lipinski definition) is 4. The van der Waals surface area contributed by atoms with Crippen molar-refractivity contribution in [1.82, 2.24) is 4.98 Å². The lowest BCUT2D eigenvalue weighted by Crippen LogP contribution is -2.20. The summed E-state index contributed by atoms with van der Waals surface area (Å²) in [6.45, 7) is 2.07. The first-order chi connectivity index (χ1) is 7.54. The second-order valence-corrected chi connectivity index (χ2v) is 3.67. The van der Waals surface area contributed by atoms with Crippen LogP contribution in [0.5, 0.6) is 0 Å². The van der Waals surface area contributed by atoms with E-state index >= 15 is 0 Å². The maximum absolute atomic E-state index is 10.9. The highest BCUT2D eigenvalue weighted by molar-refractivity contribution is 6.29. The molecule has 0 saturated heterocycles. The molecule has 1 aromatic rings. The lowest BCUT2D eigenvalue weighted by molar-refractivity contribution is 0.0697. The number of nitrogens with zero attached hydrogens (tertiary/aromatic N) is 1. The molecule has 0 amide bonds. The molecule has 1 atom stereocenters. The van der Waals surface area contributed by atoms with Crippen molar-refractivity contribution in [2.75, 3.05) is 11.9 Å². The molecule has 0 saturated carbocycles. The first-order valence-electron chi connectivity index (χ1n) is 4.86. The van der Waals surface area contributed by atoms with E-state index in [2.05, 4.69) is 10.3 Å². The second-order valence-electron chi connectivity index (χ2n) is 3.28. The summed E-state index contributed by atoms with van der Waals surface area (Å²) in [4.78, 5) is 14.7. The number of aliphatic hydroxyl groups is 1. The molecule has 1 rings (SSSR count). The van der Waals surface area contributed by atoms with E-state index in [0.717, 1.165) is 0 Å². The molecule has 0 aliphatic carbocycles. The summed E-state index contributed by atoms with van der Waals surface area (Å²) in [7, 11) is 0. The summed E-state index contributed by atoms with van der Waals surface area (Å²) >= 11 is 5.66. The Labute approximate surface area is 98.1 Å². The lowest BCUT2D eigenvalue weighted by atomic mass is 10.2. The minimum Gasteiger partial charge on any atom is -0.478 e. The number of hydrogen-bond donors (Lipinski definition) is 3. The van der Waals surface area contributed by atoms with Crippen molar-refractivity contribution >= 4 is 23.4 Å². The molecule has 16 heavy (non-hydrogen) atoms. The molecule has 0 aromatic carbocycles. The molecule has 1 heterocycles. The van der Waals surface area contributed by atoms with E-state index in [1.807, 2.05) is 6.92 Å². The number of aromatic nitrogens is 1. The fourth-order valence-electron chi connectivity index (χ4n) is 1.10. The van der Waals surface area contributed by atoms with E-state index in [0.29, 0.717) is 6.42 Å². The Morgan fingerprint density at radius 2 is 2.31 bits per heavy atom. The van der Waals surface area contributed by atoms with Gasteiger partial charge in [0.1, 0.15) is 16.5 Å². The normalized spacial score (nSPS) is 12.2. The van der Waals surface area contributed by atoms with Crippen LogP contribution in [0, 0.1) is 0 Å². The van der Waals surface area contributed by atoms with Crippen molar-refractivity contribution in [2.45, 2.75) is 19.4 Å². The third-order valence-corrected chi connectivity index (χ3v) is 2.28. The number of carbonyl (C=O) groups is 1. The van der Waals surface area contributed by atoms with E-state index in [-0.39, 0.29) is 23.1 Å². The van der Waals surface area contributed by atoms with Gasteiger partial charge in [-0.2, -0.15) is 0 Å². The number of carboxylic acid groups (broad SMARTS) is 1. The van der Waals surface area contributed by atoms with Gasteiger partial charge < -0.3 is 15.5 Å². The summed E-state index contributed by atoms with van der Waals surface area (Å²) in [6.07, 6.45) is 0.0399. The zero-order valence-corrected chi connectivity index (χ0v) is 9.53. The fourth-order valence-corrected chi connectivity index (χ4v) is 1.25. The SMILES string of the molecule is CCC(O)CNc1nc(Cl)ccc1C(=O)O. The Morgan fingerprint density at radius 3 is 2.88 bits per heavy atom. The Bertz CT molecular complexity index is 384. The van der Waals surface area contributed by atoms with E-state index in [1.165, 1.54) is 12.1 Å². The molecule has 0 aliphatic heterocycles. The van der Waals surface area contributed by atoms with Crippen LogP contribution in [-0.2, 0) is 0 Å². The highest BCUT2D eigenvalue weighted by atomic mass is 35.5. The predicted octanol–water partition coefficient (Wildman–Crippen LogP) is 1.62. The minimum absolute atomic E-state index is 0.0349. The average molecular weight is 245 g/mol. The molecule has 0 aliphatic rings. The predicted molar refractivity (Wildman–Crippen MR) is 61.0 cm³/mol. The smallest absolute Gasteiger partial charge is 0.339 e. The molecule has 0 bridgehead atoms. The van der Waals surface area contributed by atoms with Gasteiger partial charge in [-0.1, -0.05) is 18.5 Å². The van der Waals surface area contributed by atoms with Gasteiger partial charge >= 0.3 is 5.97 Å². The van der Waals surface area contributed by atoms with Crippen LogP contribution in [-0.4, -0.2) is 33.8 Å². The monoisotopic (exact) mass is 244 g/mol. The molecule has 88 valence electrons. The third-order valence-electron chi connectivity index (χ3n) is 2.07. The van der Waals surface area contributed by atoms with Crippen LogP contribution in [0.3, 0.4) is 0 Å². The van der Waals surface area contributed by atoms with Gasteiger partial charge in [0.25, 0.3) is 0 Å². The van der Waals surface area contributed by atoms with Gasteiger partial charge in [0.05, 0.1) is 6.10 Å². The summed E-state index contributed by atoms with van der Waals surface area (Å²) in [5.41, 5.74) is 0.0349. The van der Waals surface area contributed by atoms with Crippen LogP contribution < -0.4 is 5.32 Å². The highest BCUT2D eigenvalue weighted by Gasteiger charge is 2.12. The summed E-state index contributed by atoms with van der Waals surface area (Å²) in [6, 6.07) is 2.78. The summed E-state index contributed by atoms with van der Waals surface area (Å²) in [5.74, 6) is -0.912. The van der Waals surface area contributed by atoms with Crippen LogP contribution >= 0.6 is 11.6 Å². The van der Waals surface area contributed by atoms with Gasteiger partial charge in [-0.25, -0.2) is 9.78 Å². The van der Waals surface area contributed by atoms with Crippen molar-refractivity contribution in [3.8, 4) is 0 Å². The molecule has 0 fully saturated rings. The maximum Gasteiger partial charge on any atom is 0.339 e. The van der Waals surface area contributed by atoms with E-state index in [4.69, 9.17) is 16.7 Å². The number of aromatic carboxylic acids is 1. The largest absolute Gasteiger partial charge is 0.478 e. The first kappa shape index (κ1) is 12.7. The van der Waals surface area contributed by atoms with Crippen LogP contribution in [0.4, 0.5) is 5.82 Å². The van der Waals surface area contributed by atoms with Gasteiger partial charge in [-0.15, -0.1) is 0 Å². The zero-order valence-electron chi connectivity index (χ0n) is 8.77. The Hall–Kier alpha value is -1.33. The van der Waals surface area contributed by atoms with Crippen LogP contribution in [0.1, 0.15) is 23.7 Å². The zero-order chi connectivity index (χ0) is 12.1. The Balaban J connectivity index is 2.84. The Morgan fingerprint density at radius 1 is 1.62 bits per heavy atom. The van der Waals surface area contributed by atoms with Gasteiger partial charge in [-0.05, 0) is 18.6 Å². The number of carboxylic acids is 1. The molecule has 1 aromatic heterocycles. The molecule has 6 heteroatoms. The first-order valence-corrected chi connectivity index (χ1v) is 5.24. The number of anilines is 1. The van der Waals surface area contributed by atoms with Crippen LogP contribution in [0.2, 0.25) is 5.15 Å². The molecule has 0 spiro atoms. The number of nitrogens with one attached hydrogen (secondary N) is 1. The standard InChI is InChI=1S/C10H13ClN2O3/c1-2-6(14)5-12-9-7(10(15)16)3-4-8(11)13-9/h3-4,6,14H,2,5H2,1H3,(H,12,13)(H,15,16).